The van der Waals surface area contributed by atoms with Gasteiger partial charge >= 0.3 is 0 Å². The van der Waals surface area contributed by atoms with Crippen molar-refractivity contribution in [1.82, 2.24) is 0 Å². The van der Waals surface area contributed by atoms with E-state index in [4.69, 9.17) is 0 Å². The second kappa shape index (κ2) is 7.08. The Hall–Kier alpha value is -2.40. The summed E-state index contributed by atoms with van der Waals surface area (Å²) < 4.78 is 13.3. The van der Waals surface area contributed by atoms with Gasteiger partial charge in [-0.3, -0.25) is 9.59 Å². The lowest BCUT2D eigenvalue weighted by molar-refractivity contribution is -0.119. The Morgan fingerprint density at radius 1 is 0.923 bits per heavy atom. The smallest absolute Gasteiger partial charge is 0.268 e. The van der Waals surface area contributed by atoms with Gasteiger partial charge in [0.05, 0.1) is 16.2 Å². The van der Waals surface area contributed by atoms with E-state index in [1.807, 2.05) is 39.8 Å². The molecule has 0 fully saturated rings. The Labute approximate surface area is 156 Å². The quantitative estimate of drug-likeness (QED) is 0.722. The highest BCUT2D eigenvalue weighted by molar-refractivity contribution is 8.04. The van der Waals surface area contributed by atoms with Crippen LogP contribution in [0, 0.1) is 19.7 Å². The van der Waals surface area contributed by atoms with Crippen LogP contribution in [0.3, 0.4) is 0 Å². The zero-order valence-electron chi connectivity index (χ0n) is 15.2. The van der Waals surface area contributed by atoms with Gasteiger partial charge in [-0.15, -0.1) is 11.8 Å². The van der Waals surface area contributed by atoms with Gasteiger partial charge in [-0.25, -0.2) is 9.29 Å². The van der Waals surface area contributed by atoms with Crippen LogP contribution in [-0.4, -0.2) is 17.1 Å². The number of carbonyl (C=O) groups is 2. The molecule has 0 aromatic heterocycles. The molecule has 0 aliphatic carbocycles. The minimum atomic E-state index is -0.379. The van der Waals surface area contributed by atoms with Crippen LogP contribution in [0.2, 0.25) is 0 Å². The molecule has 0 saturated carbocycles. The van der Waals surface area contributed by atoms with Crippen molar-refractivity contribution >= 4 is 34.8 Å². The molecule has 26 heavy (non-hydrogen) atoms. The third-order valence-corrected chi connectivity index (χ3v) is 5.36. The molecule has 1 aliphatic heterocycles. The first kappa shape index (κ1) is 18.4. The summed E-state index contributed by atoms with van der Waals surface area (Å²) in [5, 5.41) is 0.136. The summed E-state index contributed by atoms with van der Waals surface area (Å²) in [4.78, 5) is 27.8. The Morgan fingerprint density at radius 2 is 1.58 bits per heavy atom. The van der Waals surface area contributed by atoms with Gasteiger partial charge in [-0.2, -0.15) is 0 Å². The molecular weight excluding hydrogens is 349 g/mol. The Kier molecular flexibility index (Phi) is 5.01. The number of nitrogens with zero attached hydrogens (tertiary/aromatic N) is 1. The van der Waals surface area contributed by atoms with Crippen molar-refractivity contribution in [2.45, 2.75) is 32.9 Å². The number of anilines is 1. The molecule has 1 aliphatic rings. The number of hydrogen-bond acceptors (Lipinski definition) is 3. The molecule has 5 heteroatoms. The minimum absolute atomic E-state index is 0.136. The fourth-order valence-corrected chi connectivity index (χ4v) is 3.81. The lowest BCUT2D eigenvalue weighted by Crippen LogP contribution is -2.31. The van der Waals surface area contributed by atoms with Crippen LogP contribution in [0.15, 0.2) is 47.4 Å². The van der Waals surface area contributed by atoms with Crippen LogP contribution in [0.1, 0.15) is 30.5 Å². The lowest BCUT2D eigenvalue weighted by Gasteiger charge is -2.17. The van der Waals surface area contributed by atoms with E-state index in [0.717, 1.165) is 11.1 Å². The SMILES string of the molecule is Cc1ccc(N2C(=O)C(SC(C)C)=C(c3ccc(F)cc3)C2=O)cc1C. The zero-order chi connectivity index (χ0) is 19.0. The maximum absolute atomic E-state index is 13.3. The summed E-state index contributed by atoms with van der Waals surface area (Å²) >= 11 is 1.36. The Bertz CT molecular complexity index is 916. The first-order valence-corrected chi connectivity index (χ1v) is 9.30. The fraction of sp³-hybridized carbons (Fsp3) is 0.238. The van der Waals surface area contributed by atoms with E-state index in [0.29, 0.717) is 21.7 Å². The number of benzene rings is 2. The van der Waals surface area contributed by atoms with E-state index in [9.17, 15) is 14.0 Å². The lowest BCUT2D eigenvalue weighted by atomic mass is 10.1. The average molecular weight is 369 g/mol. The molecule has 3 nitrogen and oxygen atoms in total. The topological polar surface area (TPSA) is 37.4 Å². The molecule has 1 heterocycles. The minimum Gasteiger partial charge on any atom is -0.268 e. The molecular formula is C21H20FNO2S. The molecule has 0 saturated heterocycles. The summed E-state index contributed by atoms with van der Waals surface area (Å²) in [7, 11) is 0. The molecule has 0 bridgehead atoms. The largest absolute Gasteiger partial charge is 0.272 e. The van der Waals surface area contributed by atoms with Crippen molar-refractivity contribution in [1.29, 1.82) is 0 Å². The molecule has 0 atom stereocenters. The fourth-order valence-electron chi connectivity index (χ4n) is 2.82. The zero-order valence-corrected chi connectivity index (χ0v) is 16.0. The summed E-state index contributed by atoms with van der Waals surface area (Å²) in [6.07, 6.45) is 0. The van der Waals surface area contributed by atoms with Gasteiger partial charge < -0.3 is 0 Å². The number of aryl methyl sites for hydroxylation is 2. The number of hydrogen-bond donors (Lipinski definition) is 0. The standard InChI is InChI=1S/C21H20FNO2S/c1-12(2)26-19-18(15-6-8-16(22)9-7-15)20(24)23(21(19)25)17-10-5-13(3)14(4)11-17/h5-12H,1-4H3. The van der Waals surface area contributed by atoms with Crippen LogP contribution in [0.25, 0.3) is 5.57 Å². The molecule has 2 amide bonds. The second-order valence-corrected chi connectivity index (χ2v) is 8.18. The van der Waals surface area contributed by atoms with Gasteiger partial charge in [-0.1, -0.05) is 32.0 Å². The molecule has 0 N–H and O–H groups in total. The van der Waals surface area contributed by atoms with Gasteiger partial charge in [0.2, 0.25) is 0 Å². The van der Waals surface area contributed by atoms with E-state index in [-0.39, 0.29) is 22.9 Å². The molecule has 3 rings (SSSR count). The summed E-state index contributed by atoms with van der Waals surface area (Å²) in [6, 6.07) is 11.2. The third kappa shape index (κ3) is 3.31. The summed E-state index contributed by atoms with van der Waals surface area (Å²) in [6.45, 7) is 7.86. The van der Waals surface area contributed by atoms with Crippen LogP contribution in [0.5, 0.6) is 0 Å². The summed E-state index contributed by atoms with van der Waals surface area (Å²) in [5.41, 5.74) is 3.56. The van der Waals surface area contributed by atoms with Gasteiger partial charge in [0.25, 0.3) is 11.8 Å². The van der Waals surface area contributed by atoms with Crippen molar-refractivity contribution in [3.8, 4) is 0 Å². The van der Waals surface area contributed by atoms with Crippen molar-refractivity contribution in [2.75, 3.05) is 4.90 Å². The predicted octanol–water partition coefficient (Wildman–Crippen LogP) is 4.87. The Morgan fingerprint density at radius 3 is 2.15 bits per heavy atom. The van der Waals surface area contributed by atoms with Crippen molar-refractivity contribution in [3.63, 3.8) is 0 Å². The van der Waals surface area contributed by atoms with Crippen molar-refractivity contribution in [2.24, 2.45) is 0 Å². The normalized spacial score (nSPS) is 14.8. The molecule has 134 valence electrons. The molecule has 2 aromatic rings. The van der Waals surface area contributed by atoms with E-state index in [1.54, 1.807) is 18.2 Å². The second-order valence-electron chi connectivity index (χ2n) is 6.59. The highest BCUT2D eigenvalue weighted by Gasteiger charge is 2.40. The molecule has 0 unspecified atom stereocenters. The van der Waals surface area contributed by atoms with Crippen LogP contribution in [-0.2, 0) is 9.59 Å². The van der Waals surface area contributed by atoms with Crippen LogP contribution < -0.4 is 4.90 Å². The first-order chi connectivity index (χ1) is 12.3. The average Bonchev–Trinajstić information content (AvgIpc) is 2.81. The number of imide groups is 1. The van der Waals surface area contributed by atoms with E-state index in [1.165, 1.54) is 28.8 Å². The highest BCUT2D eigenvalue weighted by atomic mass is 32.2. The van der Waals surface area contributed by atoms with E-state index >= 15 is 0 Å². The monoisotopic (exact) mass is 369 g/mol. The number of thioether (sulfide) groups is 1. The summed E-state index contributed by atoms with van der Waals surface area (Å²) in [5.74, 6) is -1.07. The number of amides is 2. The number of halogens is 1. The highest BCUT2D eigenvalue weighted by Crippen LogP contribution is 2.40. The number of rotatable bonds is 4. The van der Waals surface area contributed by atoms with Crippen LogP contribution in [0.4, 0.5) is 10.1 Å². The predicted molar refractivity (Wildman–Crippen MR) is 104 cm³/mol. The molecule has 2 aromatic carbocycles. The maximum atomic E-state index is 13.3. The van der Waals surface area contributed by atoms with Crippen LogP contribution >= 0.6 is 11.8 Å². The molecule has 0 radical (unpaired) electrons. The molecule has 0 spiro atoms. The number of carbonyl (C=O) groups excluding carboxylic acids is 2. The third-order valence-electron chi connectivity index (χ3n) is 4.28. The Balaban J connectivity index is 2.10. The van der Waals surface area contributed by atoms with E-state index < -0.39 is 0 Å². The van der Waals surface area contributed by atoms with Crippen molar-refractivity contribution < 1.29 is 14.0 Å². The van der Waals surface area contributed by atoms with Gasteiger partial charge in [-0.05, 0) is 54.8 Å². The maximum Gasteiger partial charge on any atom is 0.272 e. The van der Waals surface area contributed by atoms with Gasteiger partial charge in [0.1, 0.15) is 5.82 Å². The van der Waals surface area contributed by atoms with Gasteiger partial charge in [0, 0.05) is 5.25 Å². The van der Waals surface area contributed by atoms with Crippen molar-refractivity contribution in [3.05, 3.63) is 69.9 Å². The first-order valence-electron chi connectivity index (χ1n) is 8.42. The van der Waals surface area contributed by atoms with Gasteiger partial charge in [0.15, 0.2) is 0 Å². The van der Waals surface area contributed by atoms with E-state index in [2.05, 4.69) is 0 Å².